The normalized spacial score (nSPS) is 16.6. The molecular formula is C17H28N4O. The smallest absolute Gasteiger partial charge is 0.321 e. The molecule has 0 spiro atoms. The maximum absolute atomic E-state index is 12.3. The summed E-state index contributed by atoms with van der Waals surface area (Å²) in [6.45, 7) is 11.4. The van der Waals surface area contributed by atoms with Crippen LogP contribution >= 0.6 is 0 Å². The number of nitrogens with zero attached hydrogens (tertiary/aromatic N) is 2. The average Bonchev–Trinajstić information content (AvgIpc) is 2.48. The molecule has 22 heavy (non-hydrogen) atoms. The van der Waals surface area contributed by atoms with E-state index < -0.39 is 0 Å². The van der Waals surface area contributed by atoms with E-state index in [2.05, 4.69) is 43.1 Å². The topological polar surface area (TPSA) is 61.6 Å². The lowest BCUT2D eigenvalue weighted by atomic mass is 9.87. The molecule has 122 valence electrons. The van der Waals surface area contributed by atoms with Crippen LogP contribution in [0.3, 0.4) is 0 Å². The van der Waals surface area contributed by atoms with Crippen molar-refractivity contribution in [3.05, 3.63) is 29.8 Å². The molecule has 1 heterocycles. The molecular weight excluding hydrogens is 276 g/mol. The van der Waals surface area contributed by atoms with Crippen LogP contribution in [0.15, 0.2) is 24.3 Å². The van der Waals surface area contributed by atoms with Gasteiger partial charge in [0.15, 0.2) is 0 Å². The first-order chi connectivity index (χ1) is 10.4. The maximum atomic E-state index is 12.3. The number of carbonyl (C=O) groups excluding carboxylic acids is 1. The van der Waals surface area contributed by atoms with Crippen molar-refractivity contribution in [1.82, 2.24) is 9.80 Å². The highest BCUT2D eigenvalue weighted by atomic mass is 16.2. The number of urea groups is 1. The summed E-state index contributed by atoms with van der Waals surface area (Å²) >= 11 is 0. The largest absolute Gasteiger partial charge is 0.329 e. The highest BCUT2D eigenvalue weighted by Gasteiger charge is 2.20. The van der Waals surface area contributed by atoms with Gasteiger partial charge in [-0.1, -0.05) is 32.9 Å². The Labute approximate surface area is 133 Å². The van der Waals surface area contributed by atoms with E-state index in [9.17, 15) is 4.79 Å². The predicted octanol–water partition coefficient (Wildman–Crippen LogP) is 2.09. The first-order valence-corrected chi connectivity index (χ1v) is 7.99. The number of rotatable bonds is 3. The molecule has 0 aromatic heterocycles. The van der Waals surface area contributed by atoms with E-state index >= 15 is 0 Å². The predicted molar refractivity (Wildman–Crippen MR) is 91.2 cm³/mol. The van der Waals surface area contributed by atoms with E-state index in [0.29, 0.717) is 6.54 Å². The van der Waals surface area contributed by atoms with Crippen LogP contribution in [-0.2, 0) is 5.41 Å². The van der Waals surface area contributed by atoms with Crippen LogP contribution in [0.5, 0.6) is 0 Å². The van der Waals surface area contributed by atoms with Crippen molar-refractivity contribution in [3.63, 3.8) is 0 Å². The number of carbonyl (C=O) groups is 1. The summed E-state index contributed by atoms with van der Waals surface area (Å²) in [5, 5.41) is 2.98. The number of nitrogens with two attached hydrogens (primary N) is 1. The van der Waals surface area contributed by atoms with E-state index in [1.807, 2.05) is 17.0 Å². The van der Waals surface area contributed by atoms with Gasteiger partial charge >= 0.3 is 6.03 Å². The molecule has 0 atom stereocenters. The van der Waals surface area contributed by atoms with Gasteiger partial charge in [-0.2, -0.15) is 0 Å². The van der Waals surface area contributed by atoms with E-state index in [-0.39, 0.29) is 11.4 Å². The minimum atomic E-state index is -0.0177. The number of anilines is 1. The first-order valence-electron chi connectivity index (χ1n) is 7.99. The van der Waals surface area contributed by atoms with Gasteiger partial charge in [0.2, 0.25) is 0 Å². The van der Waals surface area contributed by atoms with Crippen LogP contribution in [-0.4, -0.2) is 55.1 Å². The second kappa shape index (κ2) is 7.11. The minimum Gasteiger partial charge on any atom is -0.329 e. The van der Waals surface area contributed by atoms with Crippen LogP contribution in [0, 0.1) is 0 Å². The molecule has 1 aliphatic rings. The second-order valence-electron chi connectivity index (χ2n) is 6.87. The molecule has 0 unspecified atom stereocenters. The van der Waals surface area contributed by atoms with Crippen molar-refractivity contribution < 1.29 is 4.79 Å². The van der Waals surface area contributed by atoms with E-state index in [1.165, 1.54) is 5.56 Å². The van der Waals surface area contributed by atoms with Crippen LogP contribution in [0.4, 0.5) is 10.5 Å². The standard InChI is InChI=1S/C17H28N4O/c1-17(2,3)14-4-6-15(7-5-14)19-16(22)21-12-10-20(9-8-18)11-13-21/h4-7H,8-13,18H2,1-3H3,(H,19,22). The molecule has 2 amide bonds. The molecule has 0 aliphatic carbocycles. The van der Waals surface area contributed by atoms with Crippen LogP contribution in [0.25, 0.3) is 0 Å². The first kappa shape index (κ1) is 16.8. The van der Waals surface area contributed by atoms with Crippen molar-refractivity contribution in [2.75, 3.05) is 44.6 Å². The summed E-state index contributed by atoms with van der Waals surface area (Å²) in [7, 11) is 0. The summed E-state index contributed by atoms with van der Waals surface area (Å²) in [4.78, 5) is 16.4. The van der Waals surface area contributed by atoms with E-state index in [1.54, 1.807) is 0 Å². The Morgan fingerprint density at radius 2 is 1.73 bits per heavy atom. The van der Waals surface area contributed by atoms with Crippen molar-refractivity contribution in [1.29, 1.82) is 0 Å². The molecule has 5 nitrogen and oxygen atoms in total. The Morgan fingerprint density at radius 3 is 2.23 bits per heavy atom. The molecule has 0 bridgehead atoms. The summed E-state index contributed by atoms with van der Waals surface area (Å²) in [5.41, 5.74) is 7.81. The molecule has 3 N–H and O–H groups in total. The van der Waals surface area contributed by atoms with E-state index in [4.69, 9.17) is 5.73 Å². The molecule has 1 aromatic carbocycles. The average molecular weight is 304 g/mol. The Balaban J connectivity index is 1.87. The summed E-state index contributed by atoms with van der Waals surface area (Å²) in [5.74, 6) is 0. The molecule has 0 saturated carbocycles. The number of benzene rings is 1. The van der Waals surface area contributed by atoms with Gasteiger partial charge in [0.1, 0.15) is 0 Å². The third-order valence-electron chi connectivity index (χ3n) is 4.11. The van der Waals surface area contributed by atoms with Gasteiger partial charge in [0, 0.05) is 45.0 Å². The number of hydrogen-bond donors (Lipinski definition) is 2. The van der Waals surface area contributed by atoms with Crippen LogP contribution in [0.2, 0.25) is 0 Å². The maximum Gasteiger partial charge on any atom is 0.321 e. The molecule has 1 aliphatic heterocycles. The van der Waals surface area contributed by atoms with Gasteiger partial charge in [-0.25, -0.2) is 4.79 Å². The Kier molecular flexibility index (Phi) is 5.42. The third kappa shape index (κ3) is 4.45. The fraction of sp³-hybridized carbons (Fsp3) is 0.588. The quantitative estimate of drug-likeness (QED) is 0.899. The lowest BCUT2D eigenvalue weighted by Gasteiger charge is -2.34. The highest BCUT2D eigenvalue weighted by molar-refractivity contribution is 5.89. The fourth-order valence-corrected chi connectivity index (χ4v) is 2.61. The molecule has 1 aromatic rings. The highest BCUT2D eigenvalue weighted by Crippen LogP contribution is 2.23. The summed E-state index contributed by atoms with van der Waals surface area (Å²) < 4.78 is 0. The van der Waals surface area contributed by atoms with Gasteiger partial charge in [0.25, 0.3) is 0 Å². The number of hydrogen-bond acceptors (Lipinski definition) is 3. The van der Waals surface area contributed by atoms with Crippen molar-refractivity contribution in [2.24, 2.45) is 5.73 Å². The molecule has 1 fully saturated rings. The summed E-state index contributed by atoms with van der Waals surface area (Å²) in [6, 6.07) is 8.09. The van der Waals surface area contributed by atoms with Crippen LogP contribution in [0.1, 0.15) is 26.3 Å². The Morgan fingerprint density at radius 1 is 1.14 bits per heavy atom. The Hall–Kier alpha value is -1.59. The van der Waals surface area contributed by atoms with Crippen LogP contribution < -0.4 is 11.1 Å². The second-order valence-corrected chi connectivity index (χ2v) is 6.87. The zero-order valence-corrected chi connectivity index (χ0v) is 13.9. The molecule has 5 heteroatoms. The van der Waals surface area contributed by atoms with E-state index in [0.717, 1.165) is 38.4 Å². The van der Waals surface area contributed by atoms with Crippen molar-refractivity contribution in [2.45, 2.75) is 26.2 Å². The van der Waals surface area contributed by atoms with Gasteiger partial charge < -0.3 is 16.0 Å². The van der Waals surface area contributed by atoms with Gasteiger partial charge in [-0.3, -0.25) is 4.90 Å². The molecule has 0 radical (unpaired) electrons. The van der Waals surface area contributed by atoms with Gasteiger partial charge in [-0.15, -0.1) is 0 Å². The van der Waals surface area contributed by atoms with Gasteiger partial charge in [0.05, 0.1) is 0 Å². The van der Waals surface area contributed by atoms with Gasteiger partial charge in [-0.05, 0) is 23.1 Å². The van der Waals surface area contributed by atoms with Crippen molar-refractivity contribution >= 4 is 11.7 Å². The number of piperazine rings is 1. The number of nitrogens with one attached hydrogen (secondary N) is 1. The zero-order chi connectivity index (χ0) is 16.2. The molecule has 2 rings (SSSR count). The summed E-state index contributed by atoms with van der Waals surface area (Å²) in [6.07, 6.45) is 0. The zero-order valence-electron chi connectivity index (χ0n) is 13.9. The number of amides is 2. The Bertz CT molecular complexity index is 484. The fourth-order valence-electron chi connectivity index (χ4n) is 2.61. The third-order valence-corrected chi connectivity index (χ3v) is 4.11. The van der Waals surface area contributed by atoms with Crippen molar-refractivity contribution in [3.8, 4) is 0 Å². The monoisotopic (exact) mass is 304 g/mol. The lowest BCUT2D eigenvalue weighted by Crippen LogP contribution is -2.50. The SMILES string of the molecule is CC(C)(C)c1ccc(NC(=O)N2CCN(CCN)CC2)cc1. The minimum absolute atomic E-state index is 0.0177. The molecule has 1 saturated heterocycles. The lowest BCUT2D eigenvalue weighted by molar-refractivity contribution is 0.149.